The number of aryl methyl sites for hydroxylation is 1. The number of nitrogens with zero attached hydrogens (tertiary/aromatic N) is 1. The largest absolute Gasteiger partial charge is 0.615 e. The van der Waals surface area contributed by atoms with Crippen LogP contribution >= 0.6 is 0 Å². The number of carbonyl (C=O) groups is 1. The van der Waals surface area contributed by atoms with Gasteiger partial charge in [-0.05, 0) is 35.7 Å². The molecule has 1 aliphatic heterocycles. The van der Waals surface area contributed by atoms with Crippen molar-refractivity contribution in [2.24, 2.45) is 0 Å². The van der Waals surface area contributed by atoms with E-state index < -0.39 is 10.2 Å². The highest BCUT2D eigenvalue weighted by atomic mass is 32.3. The summed E-state index contributed by atoms with van der Waals surface area (Å²) in [6, 6.07) is 11.8. The van der Waals surface area contributed by atoms with Crippen LogP contribution in [0.4, 0.5) is 5.69 Å². The van der Waals surface area contributed by atoms with Crippen LogP contribution in [0.1, 0.15) is 15.9 Å². The fraction of sp³-hybridized carbons (Fsp3) is 0.350. The molecular weight excluding hydrogens is 364 g/mol. The number of amides is 1. The summed E-state index contributed by atoms with van der Waals surface area (Å²) in [5.74, 6) is 0.109. The molecule has 0 saturated carbocycles. The molecular formula is C20H24N2O4S. The molecule has 1 amide bonds. The van der Waals surface area contributed by atoms with Gasteiger partial charge in [-0.25, -0.2) is 0 Å². The SMILES string of the molecule is Cc1ccccc1-c1cc(C(=O)NCC[S+](C)(=O)[O-])c2c(c1)N(C)CCO2. The van der Waals surface area contributed by atoms with E-state index in [4.69, 9.17) is 4.74 Å². The van der Waals surface area contributed by atoms with E-state index in [-0.39, 0.29) is 18.2 Å². The molecule has 2 aromatic rings. The fourth-order valence-corrected chi connectivity index (χ4v) is 3.59. The number of fused-ring (bicyclic) bond motifs is 1. The standard InChI is InChI=1S/C20H24N2O4S/c1-14-6-4-5-7-16(14)15-12-17(20(23)21-8-11-27(3,24)25)19-18(13-15)22(2)9-10-26-19/h4-7,12-13H,8-11H2,1-3H3,(H-,21,23,24,25). The van der Waals surface area contributed by atoms with E-state index in [1.807, 2.05) is 50.4 Å². The second-order valence-corrected chi connectivity index (χ2v) is 9.10. The minimum absolute atomic E-state index is 0.0663. The number of hydrogen-bond acceptors (Lipinski definition) is 5. The monoisotopic (exact) mass is 388 g/mol. The van der Waals surface area contributed by atoms with E-state index in [0.717, 1.165) is 35.2 Å². The zero-order valence-corrected chi connectivity index (χ0v) is 16.6. The van der Waals surface area contributed by atoms with Crippen LogP contribution in [0, 0.1) is 6.92 Å². The van der Waals surface area contributed by atoms with Gasteiger partial charge in [0.15, 0.2) is 5.75 Å². The maximum Gasteiger partial charge on any atom is 0.255 e. The van der Waals surface area contributed by atoms with Crippen molar-refractivity contribution < 1.29 is 18.3 Å². The summed E-state index contributed by atoms with van der Waals surface area (Å²) >= 11 is 0. The van der Waals surface area contributed by atoms with Gasteiger partial charge in [-0.15, -0.1) is 4.21 Å². The van der Waals surface area contributed by atoms with Gasteiger partial charge in [0.05, 0.1) is 30.6 Å². The van der Waals surface area contributed by atoms with Crippen molar-refractivity contribution in [2.75, 3.05) is 43.7 Å². The zero-order chi connectivity index (χ0) is 19.6. The Bertz CT molecular complexity index is 907. The van der Waals surface area contributed by atoms with Crippen molar-refractivity contribution in [3.8, 4) is 16.9 Å². The Labute approximate surface area is 160 Å². The number of ether oxygens (including phenoxy) is 1. The van der Waals surface area contributed by atoms with Crippen LogP contribution in [0.5, 0.6) is 5.75 Å². The number of carbonyl (C=O) groups excluding carboxylic acids is 1. The first-order valence-corrected chi connectivity index (χ1v) is 10.9. The van der Waals surface area contributed by atoms with Gasteiger partial charge in [0.1, 0.15) is 12.4 Å². The Morgan fingerprint density at radius 3 is 2.78 bits per heavy atom. The van der Waals surface area contributed by atoms with Crippen molar-refractivity contribution in [1.82, 2.24) is 5.32 Å². The minimum Gasteiger partial charge on any atom is -0.615 e. The van der Waals surface area contributed by atoms with Gasteiger partial charge < -0.3 is 19.5 Å². The van der Waals surface area contributed by atoms with E-state index in [1.165, 1.54) is 0 Å². The van der Waals surface area contributed by atoms with Gasteiger partial charge in [0.25, 0.3) is 5.91 Å². The molecule has 1 unspecified atom stereocenters. The predicted octanol–water partition coefficient (Wildman–Crippen LogP) is 2.48. The van der Waals surface area contributed by atoms with Crippen molar-refractivity contribution in [1.29, 1.82) is 0 Å². The Morgan fingerprint density at radius 2 is 2.07 bits per heavy atom. The molecule has 2 aromatic carbocycles. The van der Waals surface area contributed by atoms with Gasteiger partial charge in [-0.2, -0.15) is 0 Å². The summed E-state index contributed by atoms with van der Waals surface area (Å²) in [4.78, 5) is 14.8. The Balaban J connectivity index is 2.00. The van der Waals surface area contributed by atoms with Crippen LogP contribution in [0.2, 0.25) is 0 Å². The second-order valence-electron chi connectivity index (χ2n) is 6.84. The van der Waals surface area contributed by atoms with Crippen LogP contribution in [-0.4, -0.2) is 49.2 Å². The third-order valence-corrected chi connectivity index (χ3v) is 5.56. The Morgan fingerprint density at radius 1 is 1.33 bits per heavy atom. The number of rotatable bonds is 5. The molecule has 1 aliphatic rings. The number of benzene rings is 2. The molecule has 27 heavy (non-hydrogen) atoms. The van der Waals surface area contributed by atoms with E-state index >= 15 is 0 Å². The summed E-state index contributed by atoms with van der Waals surface area (Å²) in [5, 5.41) is 2.70. The van der Waals surface area contributed by atoms with Crippen LogP contribution < -0.4 is 15.0 Å². The lowest BCUT2D eigenvalue weighted by molar-refractivity contribution is 0.0952. The first-order chi connectivity index (χ1) is 12.8. The number of anilines is 1. The first-order valence-electron chi connectivity index (χ1n) is 8.80. The third kappa shape index (κ3) is 4.48. The molecule has 3 rings (SSSR count). The topological polar surface area (TPSA) is 81.7 Å². The molecule has 0 saturated heterocycles. The highest BCUT2D eigenvalue weighted by molar-refractivity contribution is 7.96. The van der Waals surface area contributed by atoms with Gasteiger partial charge >= 0.3 is 0 Å². The maximum absolute atomic E-state index is 12.8. The Kier molecular flexibility index (Phi) is 5.53. The number of nitrogens with one attached hydrogen (secondary N) is 1. The lowest BCUT2D eigenvalue weighted by Gasteiger charge is -2.30. The van der Waals surface area contributed by atoms with Crippen LogP contribution in [0.15, 0.2) is 36.4 Å². The average molecular weight is 388 g/mol. The molecule has 0 radical (unpaired) electrons. The van der Waals surface area contributed by atoms with Gasteiger partial charge in [-0.1, -0.05) is 24.3 Å². The molecule has 7 heteroatoms. The van der Waals surface area contributed by atoms with Crippen molar-refractivity contribution in [3.63, 3.8) is 0 Å². The maximum atomic E-state index is 12.8. The second kappa shape index (κ2) is 7.70. The van der Waals surface area contributed by atoms with E-state index in [9.17, 15) is 13.6 Å². The lowest BCUT2D eigenvalue weighted by Crippen LogP contribution is -2.33. The molecule has 1 atom stereocenters. The molecule has 0 bridgehead atoms. The normalized spacial score (nSPS) is 15.5. The molecule has 0 spiro atoms. The van der Waals surface area contributed by atoms with Gasteiger partial charge in [0, 0.05) is 17.3 Å². The zero-order valence-electron chi connectivity index (χ0n) is 15.8. The third-order valence-electron chi connectivity index (χ3n) is 4.61. The fourth-order valence-electron chi connectivity index (χ4n) is 3.12. The summed E-state index contributed by atoms with van der Waals surface area (Å²) in [5.41, 5.74) is 4.36. The molecule has 0 fully saturated rings. The van der Waals surface area contributed by atoms with Gasteiger partial charge in [-0.3, -0.25) is 4.79 Å². The quantitative estimate of drug-likeness (QED) is 0.796. The molecule has 0 aliphatic carbocycles. The molecule has 0 aromatic heterocycles. The van der Waals surface area contributed by atoms with E-state index in [2.05, 4.69) is 10.2 Å². The summed E-state index contributed by atoms with van der Waals surface area (Å²) < 4.78 is 28.4. The van der Waals surface area contributed by atoms with Crippen LogP contribution in [0.3, 0.4) is 0 Å². The first kappa shape index (κ1) is 19.4. The van der Waals surface area contributed by atoms with Crippen molar-refractivity contribution >= 4 is 21.8 Å². The van der Waals surface area contributed by atoms with E-state index in [0.29, 0.717) is 17.9 Å². The van der Waals surface area contributed by atoms with Crippen molar-refractivity contribution in [3.05, 3.63) is 47.5 Å². The van der Waals surface area contributed by atoms with Crippen LogP contribution in [-0.2, 0) is 14.4 Å². The number of hydrogen-bond donors (Lipinski definition) is 1. The average Bonchev–Trinajstić information content (AvgIpc) is 2.60. The minimum atomic E-state index is -3.14. The highest BCUT2D eigenvalue weighted by Crippen LogP contribution is 2.39. The number of sulfone groups is 1. The van der Waals surface area contributed by atoms with Crippen molar-refractivity contribution in [2.45, 2.75) is 6.92 Å². The van der Waals surface area contributed by atoms with Gasteiger partial charge in [0.2, 0.25) is 0 Å². The molecule has 1 heterocycles. The molecule has 6 nitrogen and oxygen atoms in total. The van der Waals surface area contributed by atoms with Crippen LogP contribution in [0.25, 0.3) is 11.1 Å². The predicted molar refractivity (Wildman–Crippen MR) is 107 cm³/mol. The lowest BCUT2D eigenvalue weighted by atomic mass is 9.96. The summed E-state index contributed by atoms with van der Waals surface area (Å²) in [6.45, 7) is 3.33. The highest BCUT2D eigenvalue weighted by Gasteiger charge is 2.24. The summed E-state index contributed by atoms with van der Waals surface area (Å²) in [6.07, 6.45) is 1.15. The van der Waals surface area contributed by atoms with E-state index in [1.54, 1.807) is 0 Å². The molecule has 1 N–H and O–H groups in total. The molecule has 144 valence electrons. The Hall–Kier alpha value is -2.38. The smallest absolute Gasteiger partial charge is 0.255 e. The number of likely N-dealkylation sites (N-methyl/N-ethyl adjacent to an activating group) is 1. The summed E-state index contributed by atoms with van der Waals surface area (Å²) in [7, 11) is -1.17.